The zero-order valence-electron chi connectivity index (χ0n) is 7.60. The van der Waals surface area contributed by atoms with Crippen LogP contribution in [0.1, 0.15) is 6.92 Å². The van der Waals surface area contributed by atoms with Crippen molar-refractivity contribution in [2.75, 3.05) is 17.6 Å². The number of nitrogens with one attached hydrogen (secondary N) is 1. The Hall–Kier alpha value is -1.15. The molecule has 2 nitrogen and oxygen atoms in total. The molecule has 0 saturated heterocycles. The molecule has 13 heavy (non-hydrogen) atoms. The molecule has 1 rings (SSSR count). The highest BCUT2D eigenvalue weighted by molar-refractivity contribution is 6.31. The van der Waals surface area contributed by atoms with Crippen LogP contribution in [0.4, 0.5) is 11.4 Å². The SMILES string of the molecule is C=C(C)CNc1ccc(Cl)cc1N. The van der Waals surface area contributed by atoms with Gasteiger partial charge >= 0.3 is 0 Å². The van der Waals surface area contributed by atoms with E-state index >= 15 is 0 Å². The van der Waals surface area contributed by atoms with E-state index in [1.54, 1.807) is 12.1 Å². The average Bonchev–Trinajstić information content (AvgIpc) is 2.02. The molecule has 0 atom stereocenters. The minimum atomic E-state index is 0.651. The predicted molar refractivity (Wildman–Crippen MR) is 59.2 cm³/mol. The molecule has 0 spiro atoms. The highest BCUT2D eigenvalue weighted by Crippen LogP contribution is 2.22. The maximum Gasteiger partial charge on any atom is 0.0577 e. The number of anilines is 2. The van der Waals surface area contributed by atoms with Gasteiger partial charge in [-0.3, -0.25) is 0 Å². The zero-order chi connectivity index (χ0) is 9.84. The minimum absolute atomic E-state index is 0.651. The van der Waals surface area contributed by atoms with Crippen molar-refractivity contribution in [3.8, 4) is 0 Å². The predicted octanol–water partition coefficient (Wildman–Crippen LogP) is 2.91. The molecule has 1 aromatic rings. The summed E-state index contributed by atoms with van der Waals surface area (Å²) in [7, 11) is 0. The Morgan fingerprint density at radius 3 is 2.85 bits per heavy atom. The van der Waals surface area contributed by atoms with Crippen LogP contribution in [0.5, 0.6) is 0 Å². The number of nitrogens with two attached hydrogens (primary N) is 1. The molecule has 0 radical (unpaired) electrons. The van der Waals surface area contributed by atoms with Crippen LogP contribution < -0.4 is 11.1 Å². The fraction of sp³-hybridized carbons (Fsp3) is 0.200. The summed E-state index contributed by atoms with van der Waals surface area (Å²) >= 11 is 5.75. The molecule has 0 saturated carbocycles. The van der Waals surface area contributed by atoms with Crippen LogP contribution in [-0.4, -0.2) is 6.54 Å². The van der Waals surface area contributed by atoms with E-state index in [2.05, 4.69) is 11.9 Å². The molecule has 3 heteroatoms. The quantitative estimate of drug-likeness (QED) is 0.576. The van der Waals surface area contributed by atoms with Gasteiger partial charge in [-0.1, -0.05) is 23.8 Å². The molecule has 0 fully saturated rings. The van der Waals surface area contributed by atoms with E-state index in [0.29, 0.717) is 10.7 Å². The number of benzene rings is 1. The zero-order valence-corrected chi connectivity index (χ0v) is 8.36. The van der Waals surface area contributed by atoms with Crippen LogP contribution in [0.25, 0.3) is 0 Å². The van der Waals surface area contributed by atoms with E-state index in [1.165, 1.54) is 0 Å². The topological polar surface area (TPSA) is 38.0 Å². The van der Waals surface area contributed by atoms with Crippen molar-refractivity contribution in [2.45, 2.75) is 6.92 Å². The number of halogens is 1. The van der Waals surface area contributed by atoms with Gasteiger partial charge in [0.25, 0.3) is 0 Å². The summed E-state index contributed by atoms with van der Waals surface area (Å²) in [6.45, 7) is 6.47. The molecule has 0 bridgehead atoms. The molecule has 70 valence electrons. The smallest absolute Gasteiger partial charge is 0.0577 e. The van der Waals surface area contributed by atoms with E-state index in [-0.39, 0.29) is 0 Å². The van der Waals surface area contributed by atoms with Crippen LogP contribution in [0, 0.1) is 0 Å². The van der Waals surface area contributed by atoms with E-state index in [9.17, 15) is 0 Å². The van der Waals surface area contributed by atoms with Crippen LogP contribution in [0.15, 0.2) is 30.4 Å². The maximum absolute atomic E-state index is 5.75. The largest absolute Gasteiger partial charge is 0.397 e. The second-order valence-corrected chi connectivity index (χ2v) is 3.48. The van der Waals surface area contributed by atoms with E-state index in [0.717, 1.165) is 17.8 Å². The van der Waals surface area contributed by atoms with Gasteiger partial charge in [-0.15, -0.1) is 0 Å². The fourth-order valence-corrected chi connectivity index (χ4v) is 1.12. The Labute approximate surface area is 83.4 Å². The van der Waals surface area contributed by atoms with Crippen molar-refractivity contribution in [3.63, 3.8) is 0 Å². The van der Waals surface area contributed by atoms with Gasteiger partial charge in [-0.2, -0.15) is 0 Å². The molecule has 0 aromatic heterocycles. The summed E-state index contributed by atoms with van der Waals surface area (Å²) in [4.78, 5) is 0. The first-order valence-electron chi connectivity index (χ1n) is 4.03. The summed E-state index contributed by atoms with van der Waals surface area (Å²) in [5.74, 6) is 0. The minimum Gasteiger partial charge on any atom is -0.397 e. The van der Waals surface area contributed by atoms with Crippen LogP contribution in [-0.2, 0) is 0 Å². The average molecular weight is 197 g/mol. The van der Waals surface area contributed by atoms with Gasteiger partial charge in [0.1, 0.15) is 0 Å². The van der Waals surface area contributed by atoms with Crippen LogP contribution in [0.2, 0.25) is 5.02 Å². The lowest BCUT2D eigenvalue weighted by atomic mass is 10.2. The number of nitrogen functional groups attached to an aromatic ring is 1. The Kier molecular flexibility index (Phi) is 3.20. The van der Waals surface area contributed by atoms with Gasteiger partial charge in [-0.25, -0.2) is 0 Å². The number of hydrogen-bond acceptors (Lipinski definition) is 2. The van der Waals surface area contributed by atoms with Gasteiger partial charge in [0.15, 0.2) is 0 Å². The molecule has 0 aliphatic heterocycles. The van der Waals surface area contributed by atoms with E-state index < -0.39 is 0 Å². The Balaban J connectivity index is 2.72. The number of hydrogen-bond donors (Lipinski definition) is 2. The molecular formula is C10H13ClN2. The third-order valence-electron chi connectivity index (χ3n) is 1.59. The van der Waals surface area contributed by atoms with Crippen molar-refractivity contribution < 1.29 is 0 Å². The monoisotopic (exact) mass is 196 g/mol. The van der Waals surface area contributed by atoms with Crippen molar-refractivity contribution in [3.05, 3.63) is 35.4 Å². The summed E-state index contributed by atoms with van der Waals surface area (Å²) < 4.78 is 0. The summed E-state index contributed by atoms with van der Waals surface area (Å²) in [6.07, 6.45) is 0. The molecule has 0 aliphatic carbocycles. The fourth-order valence-electron chi connectivity index (χ4n) is 0.941. The first kappa shape index (κ1) is 9.93. The van der Waals surface area contributed by atoms with E-state index in [1.807, 2.05) is 13.0 Å². The molecule has 0 amide bonds. The molecular weight excluding hydrogens is 184 g/mol. The summed E-state index contributed by atoms with van der Waals surface area (Å²) in [6, 6.07) is 5.39. The van der Waals surface area contributed by atoms with Gasteiger partial charge in [-0.05, 0) is 25.1 Å². The first-order valence-corrected chi connectivity index (χ1v) is 4.40. The summed E-state index contributed by atoms with van der Waals surface area (Å²) in [5.41, 5.74) is 8.35. The Morgan fingerprint density at radius 1 is 1.62 bits per heavy atom. The standard InChI is InChI=1S/C10H13ClN2/c1-7(2)6-13-10-4-3-8(11)5-9(10)12/h3-5,13H,1,6,12H2,2H3. The second-order valence-electron chi connectivity index (χ2n) is 3.04. The number of rotatable bonds is 3. The Morgan fingerprint density at radius 2 is 2.31 bits per heavy atom. The highest BCUT2D eigenvalue weighted by Gasteiger charge is 1.98. The van der Waals surface area contributed by atoms with Crippen LogP contribution in [0.3, 0.4) is 0 Å². The highest BCUT2D eigenvalue weighted by atomic mass is 35.5. The lowest BCUT2D eigenvalue weighted by Gasteiger charge is -2.08. The lowest BCUT2D eigenvalue weighted by Crippen LogP contribution is -2.04. The Bertz CT molecular complexity index is 321. The van der Waals surface area contributed by atoms with Crippen molar-refractivity contribution in [1.82, 2.24) is 0 Å². The molecule has 3 N–H and O–H groups in total. The van der Waals surface area contributed by atoms with Gasteiger partial charge in [0.05, 0.1) is 11.4 Å². The van der Waals surface area contributed by atoms with Crippen molar-refractivity contribution in [2.24, 2.45) is 0 Å². The molecule has 0 aliphatic rings. The maximum atomic E-state index is 5.75. The lowest BCUT2D eigenvalue weighted by molar-refractivity contribution is 1.22. The molecule has 0 unspecified atom stereocenters. The van der Waals surface area contributed by atoms with Gasteiger partial charge < -0.3 is 11.1 Å². The van der Waals surface area contributed by atoms with Crippen molar-refractivity contribution in [1.29, 1.82) is 0 Å². The van der Waals surface area contributed by atoms with Gasteiger partial charge in [0, 0.05) is 11.6 Å². The molecule has 0 heterocycles. The van der Waals surface area contributed by atoms with E-state index in [4.69, 9.17) is 17.3 Å². The molecule has 1 aromatic carbocycles. The third-order valence-corrected chi connectivity index (χ3v) is 1.83. The first-order chi connectivity index (χ1) is 6.09. The second kappa shape index (κ2) is 4.19. The third kappa shape index (κ3) is 2.99. The van der Waals surface area contributed by atoms with Crippen LogP contribution >= 0.6 is 11.6 Å². The normalized spacial score (nSPS) is 9.69. The van der Waals surface area contributed by atoms with Gasteiger partial charge in [0.2, 0.25) is 0 Å². The van der Waals surface area contributed by atoms with Crippen molar-refractivity contribution >= 4 is 23.0 Å². The summed E-state index contributed by atoms with van der Waals surface area (Å²) in [5, 5.41) is 3.81.